The van der Waals surface area contributed by atoms with E-state index in [4.69, 9.17) is 4.74 Å². The number of hydrogen-bond acceptors (Lipinski definition) is 1. The molecule has 0 spiro atoms. The van der Waals surface area contributed by atoms with Crippen LogP contribution in [0.5, 0.6) is 5.75 Å². The van der Waals surface area contributed by atoms with Gasteiger partial charge in [0.05, 0.1) is 6.61 Å². The molecule has 0 N–H and O–H groups in total. The van der Waals surface area contributed by atoms with Crippen LogP contribution >= 0.6 is 0 Å². The van der Waals surface area contributed by atoms with E-state index < -0.39 is 0 Å². The molecule has 0 unspecified atom stereocenters. The highest BCUT2D eigenvalue weighted by atomic mass is 19.1. The average Bonchev–Trinajstić information content (AvgIpc) is 2.99. The first-order valence-corrected chi connectivity index (χ1v) is 5.15. The normalized spacial score (nSPS) is 15.5. The molecule has 0 amide bonds. The van der Waals surface area contributed by atoms with Crippen molar-refractivity contribution in [2.45, 2.75) is 25.7 Å². The van der Waals surface area contributed by atoms with Gasteiger partial charge in [-0.1, -0.05) is 25.0 Å². The summed E-state index contributed by atoms with van der Waals surface area (Å²) in [6.07, 6.45) is 4.98. The van der Waals surface area contributed by atoms with Crippen LogP contribution in [-0.4, -0.2) is 6.61 Å². The summed E-state index contributed by atoms with van der Waals surface area (Å²) in [4.78, 5) is 0. The van der Waals surface area contributed by atoms with Gasteiger partial charge in [-0.05, 0) is 24.8 Å². The maximum atomic E-state index is 13.0. The molecule has 0 saturated heterocycles. The number of halogens is 1. The zero-order chi connectivity index (χ0) is 9.80. The topological polar surface area (TPSA) is 9.23 Å². The molecule has 75 valence electrons. The Bertz CT molecular complexity index is 294. The molecule has 1 aromatic rings. The van der Waals surface area contributed by atoms with E-state index in [-0.39, 0.29) is 5.82 Å². The molecule has 0 atom stereocenters. The van der Waals surface area contributed by atoms with Gasteiger partial charge in [-0.3, -0.25) is 0 Å². The second kappa shape index (κ2) is 4.45. The second-order valence-electron chi connectivity index (χ2n) is 3.78. The summed E-state index contributed by atoms with van der Waals surface area (Å²) >= 11 is 0. The molecule has 1 aromatic carbocycles. The summed E-state index contributed by atoms with van der Waals surface area (Å²) in [5, 5.41) is 0. The van der Waals surface area contributed by atoms with Crippen molar-refractivity contribution in [3.05, 3.63) is 30.1 Å². The second-order valence-corrected chi connectivity index (χ2v) is 3.78. The highest BCUT2D eigenvalue weighted by molar-refractivity contribution is 5.22. The van der Waals surface area contributed by atoms with Crippen LogP contribution in [-0.2, 0) is 0 Å². The number of rotatable bonds is 5. The Morgan fingerprint density at radius 2 is 2.36 bits per heavy atom. The minimum absolute atomic E-state index is 0.322. The molecular weight excluding hydrogens is 179 g/mol. The quantitative estimate of drug-likeness (QED) is 0.652. The van der Waals surface area contributed by atoms with E-state index in [1.54, 1.807) is 18.2 Å². The summed E-state index contributed by atoms with van der Waals surface area (Å²) in [5.74, 6) is 0.855. The van der Waals surface area contributed by atoms with Gasteiger partial charge < -0.3 is 4.74 Å². The molecule has 2 heteroatoms. The summed E-state index contributed by atoms with van der Waals surface area (Å²) in [7, 11) is 0. The number of hydrogen-bond donors (Lipinski definition) is 0. The van der Waals surface area contributed by atoms with E-state index in [0.29, 0.717) is 12.4 Å². The van der Waals surface area contributed by atoms with Crippen molar-refractivity contribution in [2.75, 3.05) is 6.61 Å². The fraction of sp³-hybridized carbons (Fsp3) is 0.500. The zero-order valence-electron chi connectivity index (χ0n) is 8.13. The van der Waals surface area contributed by atoms with Gasteiger partial charge in [0.1, 0.15) is 0 Å². The Morgan fingerprint density at radius 1 is 1.50 bits per heavy atom. The molecule has 0 aromatic heterocycles. The molecule has 14 heavy (non-hydrogen) atoms. The molecule has 0 aliphatic heterocycles. The Morgan fingerprint density at radius 3 is 3.07 bits per heavy atom. The van der Waals surface area contributed by atoms with Gasteiger partial charge in [-0.2, -0.15) is 0 Å². The Kier molecular flexibility index (Phi) is 3.02. The first-order valence-electron chi connectivity index (χ1n) is 5.15. The number of ether oxygens (including phenoxy) is 1. The molecule has 0 heterocycles. The molecule has 1 radical (unpaired) electrons. The van der Waals surface area contributed by atoms with Gasteiger partial charge >= 0.3 is 0 Å². The number of benzene rings is 1. The van der Waals surface area contributed by atoms with Crippen LogP contribution in [0, 0.1) is 17.8 Å². The molecule has 1 saturated carbocycles. The third-order valence-electron chi connectivity index (χ3n) is 2.48. The Labute approximate surface area is 83.9 Å². The van der Waals surface area contributed by atoms with E-state index in [2.05, 4.69) is 6.07 Å². The Balaban J connectivity index is 1.71. The zero-order valence-corrected chi connectivity index (χ0v) is 8.13. The Hall–Kier alpha value is -1.05. The van der Waals surface area contributed by atoms with E-state index in [1.807, 2.05) is 0 Å². The van der Waals surface area contributed by atoms with Crippen LogP contribution in [0.4, 0.5) is 4.39 Å². The maximum Gasteiger partial charge on any atom is 0.172 e. The van der Waals surface area contributed by atoms with Crippen LogP contribution < -0.4 is 4.74 Å². The maximum absolute atomic E-state index is 13.0. The van der Waals surface area contributed by atoms with Gasteiger partial charge in [-0.15, -0.1) is 0 Å². The van der Waals surface area contributed by atoms with Gasteiger partial charge in [0.2, 0.25) is 0 Å². The lowest BCUT2D eigenvalue weighted by atomic mass is 10.2. The van der Waals surface area contributed by atoms with E-state index in [9.17, 15) is 4.39 Å². The largest absolute Gasteiger partial charge is 0.490 e. The van der Waals surface area contributed by atoms with Crippen molar-refractivity contribution in [2.24, 2.45) is 5.92 Å². The fourth-order valence-corrected chi connectivity index (χ4v) is 1.47. The van der Waals surface area contributed by atoms with Gasteiger partial charge in [0, 0.05) is 6.07 Å². The van der Waals surface area contributed by atoms with Crippen LogP contribution in [0.2, 0.25) is 0 Å². The highest BCUT2D eigenvalue weighted by Crippen LogP contribution is 2.33. The minimum Gasteiger partial charge on any atom is -0.490 e. The van der Waals surface area contributed by atoms with Crippen molar-refractivity contribution in [3.8, 4) is 5.75 Å². The van der Waals surface area contributed by atoms with Gasteiger partial charge in [0.15, 0.2) is 11.6 Å². The lowest BCUT2D eigenvalue weighted by molar-refractivity contribution is 0.289. The summed E-state index contributed by atoms with van der Waals surface area (Å²) < 4.78 is 18.3. The van der Waals surface area contributed by atoms with Crippen LogP contribution in [0.25, 0.3) is 0 Å². The van der Waals surface area contributed by atoms with Crippen LogP contribution in [0.3, 0.4) is 0 Å². The molecule has 1 aliphatic carbocycles. The minimum atomic E-state index is -0.390. The van der Waals surface area contributed by atoms with E-state index in [0.717, 1.165) is 12.3 Å². The van der Waals surface area contributed by atoms with Gasteiger partial charge in [0.25, 0.3) is 0 Å². The van der Waals surface area contributed by atoms with E-state index in [1.165, 1.54) is 19.3 Å². The van der Waals surface area contributed by atoms with Crippen molar-refractivity contribution in [1.29, 1.82) is 0 Å². The first kappa shape index (κ1) is 9.50. The average molecular weight is 193 g/mol. The SMILES string of the molecule is Fc1[c]cccc1OCCCC1CC1. The smallest absolute Gasteiger partial charge is 0.172 e. The van der Waals surface area contributed by atoms with Crippen LogP contribution in [0.1, 0.15) is 25.7 Å². The van der Waals surface area contributed by atoms with Crippen molar-refractivity contribution in [3.63, 3.8) is 0 Å². The van der Waals surface area contributed by atoms with Crippen LogP contribution in [0.15, 0.2) is 18.2 Å². The predicted molar refractivity (Wildman–Crippen MR) is 52.7 cm³/mol. The first-order chi connectivity index (χ1) is 6.86. The highest BCUT2D eigenvalue weighted by Gasteiger charge is 2.20. The molecular formula is C12H14FO. The van der Waals surface area contributed by atoms with E-state index >= 15 is 0 Å². The third-order valence-corrected chi connectivity index (χ3v) is 2.48. The summed E-state index contributed by atoms with van der Waals surface area (Å²) in [6, 6.07) is 7.40. The van der Waals surface area contributed by atoms with Crippen molar-refractivity contribution < 1.29 is 9.13 Å². The molecule has 1 fully saturated rings. The standard InChI is InChI=1S/C12H14FO/c13-11-5-1-2-6-12(11)14-9-3-4-10-7-8-10/h1-2,6,10H,3-4,7-9H2. The van der Waals surface area contributed by atoms with Crippen molar-refractivity contribution in [1.82, 2.24) is 0 Å². The summed E-state index contributed by atoms with van der Waals surface area (Å²) in [5.41, 5.74) is 0. The third kappa shape index (κ3) is 2.72. The summed E-state index contributed by atoms with van der Waals surface area (Å²) in [6.45, 7) is 0.616. The molecule has 1 nitrogen and oxygen atoms in total. The molecule has 2 rings (SSSR count). The fourth-order valence-electron chi connectivity index (χ4n) is 1.47. The monoisotopic (exact) mass is 193 g/mol. The van der Waals surface area contributed by atoms with Gasteiger partial charge in [-0.25, -0.2) is 4.39 Å². The molecule has 0 bridgehead atoms. The lowest BCUT2D eigenvalue weighted by Gasteiger charge is -2.05. The van der Waals surface area contributed by atoms with Crippen molar-refractivity contribution >= 4 is 0 Å². The lowest BCUT2D eigenvalue weighted by Crippen LogP contribution is -1.99. The predicted octanol–water partition coefficient (Wildman–Crippen LogP) is 3.19. The molecule has 1 aliphatic rings.